The first-order valence-corrected chi connectivity index (χ1v) is 8.49. The van der Waals surface area contributed by atoms with Crippen molar-refractivity contribution in [2.24, 2.45) is 5.73 Å². The molecule has 7 heteroatoms. The number of benzene rings is 1. The minimum absolute atomic E-state index is 0.0317. The molecular formula is C16H16ClN3O2S. The molecule has 0 saturated carbocycles. The van der Waals surface area contributed by atoms with E-state index >= 15 is 0 Å². The Hall–Kier alpha value is -1.89. The third-order valence-corrected chi connectivity index (χ3v) is 4.92. The number of nitrogens with two attached hydrogens (primary N) is 1. The normalized spacial score (nSPS) is 17.3. The lowest BCUT2D eigenvalue weighted by Gasteiger charge is -2.16. The number of hydrogen-bond donors (Lipinski definition) is 2. The van der Waals surface area contributed by atoms with Crippen LogP contribution in [0.25, 0.3) is 0 Å². The highest BCUT2D eigenvalue weighted by Gasteiger charge is 2.25. The van der Waals surface area contributed by atoms with Gasteiger partial charge in [-0.3, -0.25) is 9.59 Å². The van der Waals surface area contributed by atoms with Crippen LogP contribution in [0.3, 0.4) is 0 Å². The van der Waals surface area contributed by atoms with Crippen molar-refractivity contribution in [1.82, 2.24) is 4.90 Å². The molecule has 5 nitrogen and oxygen atoms in total. The van der Waals surface area contributed by atoms with Gasteiger partial charge in [0.05, 0.1) is 15.6 Å². The molecule has 0 aliphatic carbocycles. The fraction of sp³-hybridized carbons (Fsp3) is 0.250. The molecule has 0 unspecified atom stereocenters. The summed E-state index contributed by atoms with van der Waals surface area (Å²) in [6.45, 7) is 1.21. The van der Waals surface area contributed by atoms with Crippen molar-refractivity contribution >= 4 is 40.4 Å². The summed E-state index contributed by atoms with van der Waals surface area (Å²) >= 11 is 7.48. The first-order chi connectivity index (χ1) is 11.0. The van der Waals surface area contributed by atoms with Crippen LogP contribution in [0.5, 0.6) is 0 Å². The van der Waals surface area contributed by atoms with Gasteiger partial charge in [0, 0.05) is 24.7 Å². The summed E-state index contributed by atoms with van der Waals surface area (Å²) in [6.07, 6.45) is 0.807. The van der Waals surface area contributed by atoms with Crippen LogP contribution < -0.4 is 11.1 Å². The Bertz CT molecular complexity index is 733. The Balaban J connectivity index is 1.79. The van der Waals surface area contributed by atoms with Crippen molar-refractivity contribution in [1.29, 1.82) is 0 Å². The maximum atomic E-state index is 12.5. The molecule has 1 saturated heterocycles. The van der Waals surface area contributed by atoms with Gasteiger partial charge in [0.15, 0.2) is 0 Å². The van der Waals surface area contributed by atoms with Crippen molar-refractivity contribution in [3.05, 3.63) is 51.2 Å². The maximum Gasteiger partial charge on any atom is 0.265 e. The van der Waals surface area contributed by atoms with E-state index in [0.29, 0.717) is 34.2 Å². The smallest absolute Gasteiger partial charge is 0.265 e. The molecule has 1 aliphatic heterocycles. The third kappa shape index (κ3) is 3.55. The number of amides is 2. The van der Waals surface area contributed by atoms with Gasteiger partial charge in [0.2, 0.25) is 0 Å². The summed E-state index contributed by atoms with van der Waals surface area (Å²) in [5.41, 5.74) is 6.77. The third-order valence-electron chi connectivity index (χ3n) is 3.72. The zero-order valence-corrected chi connectivity index (χ0v) is 13.9. The molecule has 0 bridgehead atoms. The Labute approximate surface area is 143 Å². The Morgan fingerprint density at radius 3 is 2.83 bits per heavy atom. The van der Waals surface area contributed by atoms with Crippen LogP contribution >= 0.6 is 22.9 Å². The Morgan fingerprint density at radius 1 is 1.35 bits per heavy atom. The van der Waals surface area contributed by atoms with Crippen LogP contribution in [-0.2, 0) is 0 Å². The van der Waals surface area contributed by atoms with Crippen LogP contribution in [-0.4, -0.2) is 35.8 Å². The van der Waals surface area contributed by atoms with Crippen molar-refractivity contribution in [2.75, 3.05) is 18.4 Å². The SMILES string of the molecule is N[C@@H]1CCN(C(=O)c2ccc(Cl)c(NC(=O)c3cccs3)c2)C1. The van der Waals surface area contributed by atoms with E-state index in [4.69, 9.17) is 17.3 Å². The number of thiophene rings is 1. The predicted octanol–water partition coefficient (Wildman–Crippen LogP) is 2.83. The topological polar surface area (TPSA) is 75.4 Å². The molecular weight excluding hydrogens is 334 g/mol. The quantitative estimate of drug-likeness (QED) is 0.894. The zero-order chi connectivity index (χ0) is 16.4. The van der Waals surface area contributed by atoms with Crippen molar-refractivity contribution in [2.45, 2.75) is 12.5 Å². The number of anilines is 1. The second kappa shape index (κ2) is 6.70. The standard InChI is InChI=1S/C16H16ClN3O2S/c17-12-4-3-10(16(22)20-6-5-11(18)9-20)8-13(12)19-15(21)14-2-1-7-23-14/h1-4,7-8,11H,5-6,9,18H2,(H,19,21)/t11-/m1/s1. The van der Waals surface area contributed by atoms with Gasteiger partial charge in [-0.15, -0.1) is 11.3 Å². The first kappa shape index (κ1) is 16.0. The number of rotatable bonds is 3. The largest absolute Gasteiger partial charge is 0.337 e. The van der Waals surface area contributed by atoms with Crippen LogP contribution in [0.1, 0.15) is 26.5 Å². The highest BCUT2D eigenvalue weighted by Crippen LogP contribution is 2.25. The number of nitrogens with zero attached hydrogens (tertiary/aromatic N) is 1. The highest BCUT2D eigenvalue weighted by molar-refractivity contribution is 7.12. The summed E-state index contributed by atoms with van der Waals surface area (Å²) < 4.78 is 0. The van der Waals surface area contributed by atoms with E-state index in [1.807, 2.05) is 5.38 Å². The lowest BCUT2D eigenvalue weighted by atomic mass is 10.1. The molecule has 1 atom stereocenters. The molecule has 2 amide bonds. The summed E-state index contributed by atoms with van der Waals surface area (Å²) in [4.78, 5) is 26.9. The summed E-state index contributed by atoms with van der Waals surface area (Å²) in [6, 6.07) is 8.46. The molecule has 120 valence electrons. The van der Waals surface area contributed by atoms with E-state index in [1.54, 1.807) is 35.2 Å². The lowest BCUT2D eigenvalue weighted by molar-refractivity contribution is 0.0790. The molecule has 0 spiro atoms. The molecule has 1 aromatic heterocycles. The average Bonchev–Trinajstić information content (AvgIpc) is 3.20. The molecule has 0 radical (unpaired) electrons. The van der Waals surface area contributed by atoms with E-state index in [-0.39, 0.29) is 17.9 Å². The fourth-order valence-corrected chi connectivity index (χ4v) is 3.28. The van der Waals surface area contributed by atoms with Crippen molar-refractivity contribution < 1.29 is 9.59 Å². The average molecular weight is 350 g/mol. The van der Waals surface area contributed by atoms with E-state index in [0.717, 1.165) is 6.42 Å². The Kier molecular flexibility index (Phi) is 4.66. The van der Waals surface area contributed by atoms with Crippen molar-refractivity contribution in [3.8, 4) is 0 Å². The maximum absolute atomic E-state index is 12.5. The van der Waals surface area contributed by atoms with Gasteiger partial charge >= 0.3 is 0 Å². The number of halogens is 1. The fourth-order valence-electron chi connectivity index (χ4n) is 2.50. The summed E-state index contributed by atoms with van der Waals surface area (Å²) in [5.74, 6) is -0.337. The monoisotopic (exact) mass is 349 g/mol. The van der Waals surface area contributed by atoms with E-state index < -0.39 is 0 Å². The summed E-state index contributed by atoms with van der Waals surface area (Å²) in [5, 5.41) is 4.97. The molecule has 1 aromatic carbocycles. The summed E-state index contributed by atoms with van der Waals surface area (Å²) in [7, 11) is 0. The van der Waals surface area contributed by atoms with Gasteiger partial charge in [-0.2, -0.15) is 0 Å². The van der Waals surface area contributed by atoms with Gasteiger partial charge in [0.25, 0.3) is 11.8 Å². The van der Waals surface area contributed by atoms with Gasteiger partial charge in [-0.25, -0.2) is 0 Å². The second-order valence-electron chi connectivity index (χ2n) is 5.43. The van der Waals surface area contributed by atoms with E-state index in [1.165, 1.54) is 11.3 Å². The van der Waals surface area contributed by atoms with Gasteiger partial charge in [-0.1, -0.05) is 17.7 Å². The van der Waals surface area contributed by atoms with Gasteiger partial charge in [-0.05, 0) is 36.1 Å². The lowest BCUT2D eigenvalue weighted by Crippen LogP contribution is -2.31. The molecule has 2 aromatic rings. The molecule has 1 aliphatic rings. The molecule has 1 fully saturated rings. The van der Waals surface area contributed by atoms with Crippen molar-refractivity contribution in [3.63, 3.8) is 0 Å². The van der Waals surface area contributed by atoms with Crippen LogP contribution in [0.4, 0.5) is 5.69 Å². The van der Waals surface area contributed by atoms with E-state index in [2.05, 4.69) is 5.32 Å². The molecule has 2 heterocycles. The van der Waals surface area contributed by atoms with Gasteiger partial charge < -0.3 is 16.0 Å². The second-order valence-corrected chi connectivity index (χ2v) is 6.78. The molecule has 23 heavy (non-hydrogen) atoms. The number of carbonyl (C=O) groups excluding carboxylic acids is 2. The van der Waals surface area contributed by atoms with Crippen LogP contribution in [0.2, 0.25) is 5.02 Å². The number of hydrogen-bond acceptors (Lipinski definition) is 4. The first-order valence-electron chi connectivity index (χ1n) is 7.24. The minimum atomic E-state index is -0.241. The minimum Gasteiger partial charge on any atom is -0.337 e. The zero-order valence-electron chi connectivity index (χ0n) is 12.3. The van der Waals surface area contributed by atoms with Gasteiger partial charge in [0.1, 0.15) is 0 Å². The molecule has 3 rings (SSSR count). The number of carbonyl (C=O) groups is 2. The molecule has 3 N–H and O–H groups in total. The number of likely N-dealkylation sites (tertiary alicyclic amines) is 1. The van der Waals surface area contributed by atoms with Crippen LogP contribution in [0.15, 0.2) is 35.7 Å². The predicted molar refractivity (Wildman–Crippen MR) is 92.2 cm³/mol. The number of nitrogens with one attached hydrogen (secondary N) is 1. The van der Waals surface area contributed by atoms with Crippen LogP contribution in [0, 0.1) is 0 Å². The van der Waals surface area contributed by atoms with E-state index in [9.17, 15) is 9.59 Å². The highest BCUT2D eigenvalue weighted by atomic mass is 35.5. The Morgan fingerprint density at radius 2 is 2.17 bits per heavy atom.